The number of benzene rings is 1. The van der Waals surface area contributed by atoms with Crippen molar-refractivity contribution in [2.75, 3.05) is 31.1 Å². The maximum Gasteiger partial charge on any atom is 0.393 e. The summed E-state index contributed by atoms with van der Waals surface area (Å²) >= 11 is 0. The minimum atomic E-state index is -4.42. The summed E-state index contributed by atoms with van der Waals surface area (Å²) in [6.45, 7) is 1.32. The molecular formula is C23H24F3N5O2. The fraction of sp³-hybridized carbons (Fsp3) is 0.478. The number of amides is 2. The summed E-state index contributed by atoms with van der Waals surface area (Å²) < 4.78 is 41.2. The number of piperidine rings is 1. The van der Waals surface area contributed by atoms with E-state index < -0.39 is 24.0 Å². The summed E-state index contributed by atoms with van der Waals surface area (Å²) in [4.78, 5) is 31.9. The first-order chi connectivity index (χ1) is 15.8. The molecule has 2 amide bonds. The van der Waals surface area contributed by atoms with Gasteiger partial charge in [-0.15, -0.1) is 0 Å². The number of nitrogens with zero attached hydrogens (tertiary/aromatic N) is 4. The summed E-state index contributed by atoms with van der Waals surface area (Å²) in [7, 11) is 0. The second-order valence-corrected chi connectivity index (χ2v) is 8.52. The lowest BCUT2D eigenvalue weighted by Crippen LogP contribution is -2.54. The number of aromatic nitrogens is 1. The molecule has 174 valence electrons. The molecule has 3 heterocycles. The number of nitrogens with one attached hydrogen (secondary N) is 1. The number of pyridine rings is 1. The third-order valence-corrected chi connectivity index (χ3v) is 6.26. The van der Waals surface area contributed by atoms with E-state index in [1.54, 1.807) is 34.1 Å². The number of hydrogen-bond acceptors (Lipinski definition) is 5. The first-order valence-corrected chi connectivity index (χ1v) is 10.9. The largest absolute Gasteiger partial charge is 0.393 e. The smallest absolute Gasteiger partial charge is 0.368 e. The van der Waals surface area contributed by atoms with Gasteiger partial charge in [0.1, 0.15) is 6.07 Å². The molecule has 4 rings (SSSR count). The quantitative estimate of drug-likeness (QED) is 0.743. The highest BCUT2D eigenvalue weighted by Gasteiger charge is 2.45. The molecule has 7 nitrogen and oxygen atoms in total. The molecule has 2 aliphatic rings. The molecule has 0 saturated carbocycles. The Morgan fingerprint density at radius 1 is 1.18 bits per heavy atom. The van der Waals surface area contributed by atoms with Gasteiger partial charge in [-0.05, 0) is 37.1 Å². The molecule has 2 aromatic rings. The average molecular weight is 459 g/mol. The van der Waals surface area contributed by atoms with E-state index in [9.17, 15) is 28.0 Å². The van der Waals surface area contributed by atoms with Crippen molar-refractivity contribution in [2.45, 2.75) is 37.9 Å². The summed E-state index contributed by atoms with van der Waals surface area (Å²) in [6, 6.07) is 7.92. The molecule has 2 saturated heterocycles. The number of hydrogen-bond donors (Lipinski definition) is 1. The average Bonchev–Trinajstić information content (AvgIpc) is 2.75. The third kappa shape index (κ3) is 5.02. The molecule has 1 aromatic carbocycles. The Morgan fingerprint density at radius 2 is 1.97 bits per heavy atom. The van der Waals surface area contributed by atoms with Crippen molar-refractivity contribution < 1.29 is 22.8 Å². The number of fused-ring (bicyclic) bond motifs is 1. The molecule has 1 N–H and O–H groups in total. The minimum absolute atomic E-state index is 0.0494. The summed E-state index contributed by atoms with van der Waals surface area (Å²) in [5.41, 5.74) is 1.31. The number of likely N-dealkylation sites (tertiary alicyclic amines) is 1. The van der Waals surface area contributed by atoms with Gasteiger partial charge in [-0.25, -0.2) is 0 Å². The topological polar surface area (TPSA) is 89.3 Å². The molecule has 2 aliphatic heterocycles. The Kier molecular flexibility index (Phi) is 6.40. The first kappa shape index (κ1) is 22.8. The molecule has 10 heteroatoms. The molecule has 0 aliphatic carbocycles. The van der Waals surface area contributed by atoms with Crippen LogP contribution in [0.15, 0.2) is 30.5 Å². The van der Waals surface area contributed by atoms with E-state index in [-0.39, 0.29) is 38.3 Å². The van der Waals surface area contributed by atoms with E-state index in [0.717, 1.165) is 6.42 Å². The van der Waals surface area contributed by atoms with Gasteiger partial charge in [0.25, 0.3) is 0 Å². The van der Waals surface area contributed by atoms with E-state index in [1.165, 1.54) is 6.20 Å². The van der Waals surface area contributed by atoms with E-state index >= 15 is 0 Å². The van der Waals surface area contributed by atoms with Crippen LogP contribution >= 0.6 is 0 Å². The summed E-state index contributed by atoms with van der Waals surface area (Å²) in [5, 5.41) is 12.6. The highest BCUT2D eigenvalue weighted by Crippen LogP contribution is 2.37. The molecule has 1 aromatic heterocycles. The van der Waals surface area contributed by atoms with E-state index in [2.05, 4.69) is 16.4 Å². The Balaban J connectivity index is 1.52. The van der Waals surface area contributed by atoms with Gasteiger partial charge in [-0.2, -0.15) is 18.4 Å². The van der Waals surface area contributed by atoms with Crippen molar-refractivity contribution in [1.82, 2.24) is 15.2 Å². The van der Waals surface area contributed by atoms with Crippen LogP contribution in [0.3, 0.4) is 0 Å². The van der Waals surface area contributed by atoms with Gasteiger partial charge in [-0.1, -0.05) is 0 Å². The van der Waals surface area contributed by atoms with Crippen molar-refractivity contribution in [1.29, 1.82) is 5.26 Å². The van der Waals surface area contributed by atoms with E-state index in [0.29, 0.717) is 35.2 Å². The second kappa shape index (κ2) is 9.25. The van der Waals surface area contributed by atoms with Crippen LogP contribution in [0, 0.1) is 17.2 Å². The molecular weight excluding hydrogens is 435 g/mol. The number of anilines is 1. The Bertz CT molecular complexity index is 1090. The summed E-state index contributed by atoms with van der Waals surface area (Å²) in [6.07, 6.45) is -2.16. The number of nitriles is 1. The van der Waals surface area contributed by atoms with Crippen molar-refractivity contribution >= 4 is 28.4 Å². The highest BCUT2D eigenvalue weighted by molar-refractivity contribution is 5.95. The molecule has 2 unspecified atom stereocenters. The lowest BCUT2D eigenvalue weighted by molar-refractivity contribution is -0.178. The number of carbonyl (C=O) groups excluding carboxylic acids is 2. The zero-order valence-corrected chi connectivity index (χ0v) is 17.9. The standard InChI is InChI=1S/C23H24F3N5O2/c24-23(25,26)16-11-17(29-20(32)6-7-21(33)30-9-2-10-30)14-31(13-16)19-5-4-15(12-27)22-18(19)3-1-8-28-22/h1,3-5,8,16-17H,2,6-7,9-11,13-14H2,(H,29,32). The van der Waals surface area contributed by atoms with Crippen LogP contribution in [0.4, 0.5) is 18.9 Å². The monoisotopic (exact) mass is 459 g/mol. The van der Waals surface area contributed by atoms with Crippen molar-refractivity contribution in [3.8, 4) is 6.07 Å². The summed E-state index contributed by atoms with van der Waals surface area (Å²) in [5.74, 6) is -2.16. The van der Waals surface area contributed by atoms with Crippen LogP contribution in [-0.2, 0) is 9.59 Å². The van der Waals surface area contributed by atoms with Crippen LogP contribution in [-0.4, -0.2) is 60.1 Å². The maximum absolute atomic E-state index is 13.7. The fourth-order valence-electron chi connectivity index (χ4n) is 4.41. The van der Waals surface area contributed by atoms with Crippen LogP contribution < -0.4 is 10.2 Å². The first-order valence-electron chi connectivity index (χ1n) is 10.9. The zero-order valence-electron chi connectivity index (χ0n) is 17.9. The maximum atomic E-state index is 13.7. The Morgan fingerprint density at radius 3 is 2.64 bits per heavy atom. The predicted molar refractivity (Wildman–Crippen MR) is 115 cm³/mol. The van der Waals surface area contributed by atoms with Crippen LogP contribution in [0.2, 0.25) is 0 Å². The highest BCUT2D eigenvalue weighted by atomic mass is 19.4. The third-order valence-electron chi connectivity index (χ3n) is 6.26. The number of halogens is 3. The van der Waals surface area contributed by atoms with Crippen molar-refractivity contribution in [3.63, 3.8) is 0 Å². The molecule has 2 atom stereocenters. The number of rotatable bonds is 5. The van der Waals surface area contributed by atoms with E-state index in [1.807, 2.05) is 0 Å². The van der Waals surface area contributed by atoms with Gasteiger partial charge in [-0.3, -0.25) is 14.6 Å². The lowest BCUT2D eigenvalue weighted by atomic mass is 9.92. The van der Waals surface area contributed by atoms with Gasteiger partial charge in [0.2, 0.25) is 11.8 Å². The fourth-order valence-corrected chi connectivity index (χ4v) is 4.41. The van der Waals surface area contributed by atoms with Gasteiger partial charge >= 0.3 is 6.18 Å². The van der Waals surface area contributed by atoms with Crippen LogP contribution in [0.25, 0.3) is 10.9 Å². The van der Waals surface area contributed by atoms with Crippen molar-refractivity contribution in [2.24, 2.45) is 5.92 Å². The molecule has 2 fully saturated rings. The van der Waals surface area contributed by atoms with Crippen LogP contribution in [0.1, 0.15) is 31.2 Å². The number of alkyl halides is 3. The van der Waals surface area contributed by atoms with Gasteiger partial charge in [0.15, 0.2) is 0 Å². The zero-order chi connectivity index (χ0) is 23.6. The minimum Gasteiger partial charge on any atom is -0.368 e. The normalized spacial score (nSPS) is 20.8. The number of carbonyl (C=O) groups is 2. The van der Waals surface area contributed by atoms with Crippen LogP contribution in [0.5, 0.6) is 0 Å². The molecule has 0 spiro atoms. The van der Waals surface area contributed by atoms with E-state index in [4.69, 9.17) is 0 Å². The Hall–Kier alpha value is -3.35. The van der Waals surface area contributed by atoms with Crippen molar-refractivity contribution in [3.05, 3.63) is 36.0 Å². The van der Waals surface area contributed by atoms with Gasteiger partial charge < -0.3 is 15.1 Å². The lowest BCUT2D eigenvalue weighted by Gasteiger charge is -2.40. The van der Waals surface area contributed by atoms with Gasteiger partial charge in [0, 0.05) is 62.3 Å². The predicted octanol–water partition coefficient (Wildman–Crippen LogP) is 2.99. The Labute approximate surface area is 189 Å². The van der Waals surface area contributed by atoms with Gasteiger partial charge in [0.05, 0.1) is 17.0 Å². The second-order valence-electron chi connectivity index (χ2n) is 8.52. The SMILES string of the molecule is N#Cc1ccc(N2CC(NC(=O)CCC(=O)N3CCC3)CC(C(F)(F)F)C2)c2cccnc12. The molecule has 0 bridgehead atoms. The molecule has 0 radical (unpaired) electrons. The molecule has 33 heavy (non-hydrogen) atoms.